The van der Waals surface area contributed by atoms with Crippen molar-refractivity contribution in [2.24, 2.45) is 0 Å². The SMILES string of the molecule is CS(=O)(=O)O[C@H](C(Cl)(Cl)Cl)P(=O)(O)O. The van der Waals surface area contributed by atoms with Crippen molar-refractivity contribution in [2.75, 3.05) is 6.26 Å². The molecule has 11 heteroatoms. The predicted octanol–water partition coefficient (Wildman–Crippen LogP) is 0.837. The molecule has 0 aliphatic carbocycles. The third kappa shape index (κ3) is 5.72. The molecule has 2 N–H and O–H groups in total. The molecule has 0 heterocycles. The average Bonchev–Trinajstić information content (AvgIpc) is 1.75. The van der Waals surface area contributed by atoms with Crippen molar-refractivity contribution in [3.8, 4) is 0 Å². The highest BCUT2D eigenvalue weighted by molar-refractivity contribution is 7.86. The van der Waals surface area contributed by atoms with Crippen LogP contribution in [0.15, 0.2) is 0 Å². The van der Waals surface area contributed by atoms with Crippen molar-refractivity contribution in [2.45, 2.75) is 9.64 Å². The second kappa shape index (κ2) is 4.43. The highest BCUT2D eigenvalue weighted by Crippen LogP contribution is 2.53. The fraction of sp³-hybridized carbons (Fsp3) is 1.00. The third-order valence-corrected chi connectivity index (χ3v) is 3.69. The molecule has 0 saturated heterocycles. The summed E-state index contributed by atoms with van der Waals surface area (Å²) in [7, 11) is -9.13. The first-order valence-electron chi connectivity index (χ1n) is 2.84. The van der Waals surface area contributed by atoms with Crippen molar-refractivity contribution in [1.82, 2.24) is 0 Å². The van der Waals surface area contributed by atoms with Crippen LogP contribution in [0.3, 0.4) is 0 Å². The van der Waals surface area contributed by atoms with Crippen LogP contribution in [0.1, 0.15) is 0 Å². The zero-order valence-electron chi connectivity index (χ0n) is 6.59. The van der Waals surface area contributed by atoms with Crippen LogP contribution >= 0.6 is 42.4 Å². The van der Waals surface area contributed by atoms with E-state index in [9.17, 15) is 13.0 Å². The Morgan fingerprint density at radius 1 is 1.36 bits per heavy atom. The molecule has 0 spiro atoms. The molecule has 0 aromatic carbocycles. The Kier molecular flexibility index (Phi) is 4.72. The Labute approximate surface area is 95.4 Å². The minimum absolute atomic E-state index is 0.575. The molecule has 0 unspecified atom stereocenters. The maximum absolute atomic E-state index is 10.7. The molecule has 0 rings (SSSR count). The van der Waals surface area contributed by atoms with Gasteiger partial charge in [-0.3, -0.25) is 4.57 Å². The third-order valence-electron chi connectivity index (χ3n) is 0.851. The van der Waals surface area contributed by atoms with E-state index in [0.29, 0.717) is 6.26 Å². The molecule has 0 amide bonds. The van der Waals surface area contributed by atoms with Crippen LogP contribution in [-0.4, -0.2) is 34.1 Å². The lowest BCUT2D eigenvalue weighted by Crippen LogP contribution is -2.30. The van der Waals surface area contributed by atoms with E-state index < -0.39 is 27.4 Å². The van der Waals surface area contributed by atoms with Crippen LogP contribution in [0.4, 0.5) is 0 Å². The summed E-state index contributed by atoms with van der Waals surface area (Å²) in [4.78, 5) is 17.3. The fourth-order valence-electron chi connectivity index (χ4n) is 0.467. The molecule has 0 aromatic rings. The molecule has 0 aliphatic rings. The lowest BCUT2D eigenvalue weighted by Gasteiger charge is -2.23. The second-order valence-electron chi connectivity index (χ2n) is 2.28. The average molecular weight is 307 g/mol. The van der Waals surface area contributed by atoms with Crippen LogP contribution < -0.4 is 0 Å². The molecule has 0 bridgehead atoms. The largest absolute Gasteiger partial charge is 0.360 e. The summed E-state index contributed by atoms with van der Waals surface area (Å²) in [6.07, 6.45) is 0.575. The number of hydrogen-bond acceptors (Lipinski definition) is 4. The first-order valence-corrected chi connectivity index (χ1v) is 7.47. The molecule has 0 aromatic heterocycles. The molecule has 0 fully saturated rings. The minimum atomic E-state index is -4.99. The lowest BCUT2D eigenvalue weighted by molar-refractivity contribution is 0.232. The van der Waals surface area contributed by atoms with Crippen LogP contribution in [0.2, 0.25) is 0 Å². The molecule has 0 aliphatic heterocycles. The molecule has 0 radical (unpaired) electrons. The molecular formula is C3H6Cl3O6PS. The fourth-order valence-corrected chi connectivity index (χ4v) is 3.68. The van der Waals surface area contributed by atoms with Gasteiger partial charge in [0, 0.05) is 0 Å². The van der Waals surface area contributed by atoms with Gasteiger partial charge in [0.15, 0.2) is 0 Å². The number of alkyl halides is 3. The van der Waals surface area contributed by atoms with Gasteiger partial charge in [0.25, 0.3) is 10.1 Å². The Hall–Kier alpha value is 0.930. The van der Waals surface area contributed by atoms with Crippen molar-refractivity contribution >= 4 is 52.5 Å². The van der Waals surface area contributed by atoms with Crippen LogP contribution in [0.25, 0.3) is 0 Å². The smallest absolute Gasteiger partial charge is 0.322 e. The van der Waals surface area contributed by atoms with Gasteiger partial charge in [-0.15, -0.1) is 0 Å². The first-order chi connectivity index (χ1) is 5.84. The van der Waals surface area contributed by atoms with Crippen LogP contribution in [0.5, 0.6) is 0 Å². The summed E-state index contributed by atoms with van der Waals surface area (Å²) in [5, 5.41) is 0. The monoisotopic (exact) mass is 306 g/mol. The van der Waals surface area contributed by atoms with Gasteiger partial charge >= 0.3 is 7.60 Å². The van der Waals surface area contributed by atoms with Crippen molar-refractivity contribution < 1.29 is 27.0 Å². The molecule has 0 saturated carbocycles. The Balaban J connectivity index is 5.07. The standard InChI is InChI=1S/C3H6Cl3O6PS/c1-14(10,11)12-2(3(4,5)6)13(7,8)9/h2H,1H3,(H2,7,8,9)/t2-/m0/s1. The van der Waals surface area contributed by atoms with E-state index in [4.69, 9.17) is 44.6 Å². The predicted molar refractivity (Wildman–Crippen MR) is 52.1 cm³/mol. The summed E-state index contributed by atoms with van der Waals surface area (Å²) in [6.45, 7) is 0. The summed E-state index contributed by atoms with van der Waals surface area (Å²) in [6, 6.07) is 0. The number of hydrogen-bond donors (Lipinski definition) is 2. The van der Waals surface area contributed by atoms with Gasteiger partial charge in [0.1, 0.15) is 0 Å². The van der Waals surface area contributed by atoms with E-state index in [2.05, 4.69) is 4.18 Å². The highest BCUT2D eigenvalue weighted by Gasteiger charge is 2.48. The Morgan fingerprint density at radius 3 is 1.79 bits per heavy atom. The highest BCUT2D eigenvalue weighted by atomic mass is 35.6. The van der Waals surface area contributed by atoms with Gasteiger partial charge in [0.2, 0.25) is 9.64 Å². The normalized spacial score (nSPS) is 16.7. The molecular weight excluding hydrogens is 301 g/mol. The second-order valence-corrected chi connectivity index (χ2v) is 7.90. The van der Waals surface area contributed by atoms with Gasteiger partial charge in [0.05, 0.1) is 6.26 Å². The zero-order chi connectivity index (χ0) is 11.8. The summed E-state index contributed by atoms with van der Waals surface area (Å²) < 4.78 is 33.3. The van der Waals surface area contributed by atoms with Crippen molar-refractivity contribution in [3.05, 3.63) is 0 Å². The van der Waals surface area contributed by atoms with E-state index in [1.54, 1.807) is 0 Å². The van der Waals surface area contributed by atoms with E-state index in [1.807, 2.05) is 0 Å². The molecule has 1 atom stereocenters. The van der Waals surface area contributed by atoms with Crippen LogP contribution in [-0.2, 0) is 18.9 Å². The molecule has 86 valence electrons. The maximum Gasteiger partial charge on any atom is 0.360 e. The molecule has 6 nitrogen and oxygen atoms in total. The van der Waals surface area contributed by atoms with Gasteiger partial charge in [-0.2, -0.15) is 8.42 Å². The van der Waals surface area contributed by atoms with Crippen LogP contribution in [0, 0.1) is 0 Å². The van der Waals surface area contributed by atoms with E-state index >= 15 is 0 Å². The van der Waals surface area contributed by atoms with Gasteiger partial charge in [-0.1, -0.05) is 34.8 Å². The first kappa shape index (κ1) is 14.9. The maximum atomic E-state index is 10.7. The topological polar surface area (TPSA) is 101 Å². The quantitative estimate of drug-likeness (QED) is 0.455. The van der Waals surface area contributed by atoms with Gasteiger partial charge < -0.3 is 9.79 Å². The number of rotatable bonds is 3. The Bertz CT molecular complexity index is 340. The lowest BCUT2D eigenvalue weighted by atomic mass is 10.8. The Morgan fingerprint density at radius 2 is 1.71 bits per heavy atom. The van der Waals surface area contributed by atoms with Gasteiger partial charge in [-0.25, -0.2) is 4.18 Å². The van der Waals surface area contributed by atoms with Gasteiger partial charge in [-0.05, 0) is 0 Å². The molecule has 14 heavy (non-hydrogen) atoms. The summed E-state index contributed by atoms with van der Waals surface area (Å²) in [5.74, 6) is -2.35. The number of halogens is 3. The van der Waals surface area contributed by atoms with E-state index in [-0.39, 0.29) is 0 Å². The minimum Gasteiger partial charge on any atom is -0.322 e. The van der Waals surface area contributed by atoms with E-state index in [1.165, 1.54) is 0 Å². The van der Waals surface area contributed by atoms with Crippen molar-refractivity contribution in [1.29, 1.82) is 0 Å². The summed E-state index contributed by atoms with van der Waals surface area (Å²) in [5.41, 5.74) is 0. The summed E-state index contributed by atoms with van der Waals surface area (Å²) >= 11 is 15.4. The zero-order valence-corrected chi connectivity index (χ0v) is 10.6. The van der Waals surface area contributed by atoms with E-state index in [0.717, 1.165) is 0 Å². The van der Waals surface area contributed by atoms with Crippen molar-refractivity contribution in [3.63, 3.8) is 0 Å².